The molecule has 4 heteroatoms. The van der Waals surface area contributed by atoms with Crippen LogP contribution in [0.1, 0.15) is 33.3 Å². The lowest BCUT2D eigenvalue weighted by Gasteiger charge is -2.37. The Bertz CT molecular complexity index is 454. The molecule has 2 rings (SSSR count). The summed E-state index contributed by atoms with van der Waals surface area (Å²) in [5.41, 5.74) is 2.59. The Hall–Kier alpha value is -0.580. The van der Waals surface area contributed by atoms with Gasteiger partial charge in [-0.05, 0) is 59.9 Å². The maximum Gasteiger partial charge on any atom is 0.0726 e. The molecule has 0 radical (unpaired) electrons. The van der Waals surface area contributed by atoms with Crippen LogP contribution >= 0.6 is 15.9 Å². The van der Waals surface area contributed by atoms with E-state index in [9.17, 15) is 0 Å². The minimum Gasteiger partial charge on any atom is -0.372 e. The average molecular weight is 355 g/mol. The zero-order valence-electron chi connectivity index (χ0n) is 13.5. The van der Waals surface area contributed by atoms with Crippen LogP contribution in [0.5, 0.6) is 0 Å². The van der Waals surface area contributed by atoms with Crippen LogP contribution in [0, 0.1) is 5.92 Å². The summed E-state index contributed by atoms with van der Waals surface area (Å²) in [6.07, 6.45) is 0.570. The molecular weight excluding hydrogens is 328 g/mol. The van der Waals surface area contributed by atoms with Gasteiger partial charge in [0.15, 0.2) is 0 Å². The molecule has 0 unspecified atom stereocenters. The van der Waals surface area contributed by atoms with E-state index in [1.807, 2.05) is 0 Å². The standard InChI is InChI=1S/C17H27BrN2O/c1-12(2)8-19-9-15-5-6-17(16(18)7-15)20-10-13(3)21-14(4)11-20/h5-7,12-14,19H,8-11H2,1-4H3/t13-,14+. The van der Waals surface area contributed by atoms with Gasteiger partial charge in [0, 0.05) is 24.1 Å². The summed E-state index contributed by atoms with van der Waals surface area (Å²) in [6.45, 7) is 12.6. The monoisotopic (exact) mass is 354 g/mol. The zero-order valence-corrected chi connectivity index (χ0v) is 15.1. The van der Waals surface area contributed by atoms with Crippen molar-refractivity contribution in [2.75, 3.05) is 24.5 Å². The normalized spacial score (nSPS) is 22.9. The molecule has 1 N–H and O–H groups in total. The third-order valence-electron chi connectivity index (χ3n) is 3.65. The van der Waals surface area contributed by atoms with Crippen molar-refractivity contribution >= 4 is 21.6 Å². The molecule has 1 fully saturated rings. The molecule has 1 aromatic carbocycles. The van der Waals surface area contributed by atoms with E-state index in [0.29, 0.717) is 5.92 Å². The van der Waals surface area contributed by atoms with E-state index in [-0.39, 0.29) is 12.2 Å². The number of rotatable bonds is 5. The number of benzene rings is 1. The fourth-order valence-electron chi connectivity index (χ4n) is 2.80. The second-order valence-corrected chi connectivity index (χ2v) is 7.33. The Morgan fingerprint density at radius 2 is 1.95 bits per heavy atom. The highest BCUT2D eigenvalue weighted by Crippen LogP contribution is 2.29. The van der Waals surface area contributed by atoms with Crippen LogP contribution in [0.15, 0.2) is 22.7 Å². The SMILES string of the molecule is CC(C)CNCc1ccc(N2C[C@@H](C)O[C@@H](C)C2)c(Br)c1. The Morgan fingerprint density at radius 3 is 2.52 bits per heavy atom. The van der Waals surface area contributed by atoms with Crippen molar-refractivity contribution in [1.29, 1.82) is 0 Å². The molecule has 0 saturated carbocycles. The van der Waals surface area contributed by atoms with Crippen molar-refractivity contribution in [1.82, 2.24) is 5.32 Å². The second kappa shape index (κ2) is 7.61. The number of ether oxygens (including phenoxy) is 1. The highest BCUT2D eigenvalue weighted by atomic mass is 79.9. The summed E-state index contributed by atoms with van der Waals surface area (Å²) in [5.74, 6) is 0.684. The molecule has 1 saturated heterocycles. The number of nitrogens with one attached hydrogen (secondary N) is 1. The third kappa shape index (κ3) is 4.97. The van der Waals surface area contributed by atoms with Crippen LogP contribution in [0.2, 0.25) is 0 Å². The van der Waals surface area contributed by atoms with Crippen LogP contribution in [0.3, 0.4) is 0 Å². The van der Waals surface area contributed by atoms with E-state index in [1.165, 1.54) is 15.7 Å². The van der Waals surface area contributed by atoms with Crippen molar-refractivity contribution < 1.29 is 4.74 Å². The van der Waals surface area contributed by atoms with Gasteiger partial charge in [0.2, 0.25) is 0 Å². The molecule has 21 heavy (non-hydrogen) atoms. The van der Waals surface area contributed by atoms with Gasteiger partial charge in [0.25, 0.3) is 0 Å². The highest BCUT2D eigenvalue weighted by Gasteiger charge is 2.23. The number of halogens is 1. The van der Waals surface area contributed by atoms with Crippen LogP contribution in [-0.2, 0) is 11.3 Å². The highest BCUT2D eigenvalue weighted by molar-refractivity contribution is 9.10. The second-order valence-electron chi connectivity index (χ2n) is 6.47. The first-order valence-electron chi connectivity index (χ1n) is 7.85. The van der Waals surface area contributed by atoms with Gasteiger partial charge in [-0.3, -0.25) is 0 Å². The lowest BCUT2D eigenvalue weighted by molar-refractivity contribution is -0.00525. The summed E-state index contributed by atoms with van der Waals surface area (Å²) in [6, 6.07) is 6.67. The quantitative estimate of drug-likeness (QED) is 0.869. The van der Waals surface area contributed by atoms with E-state index < -0.39 is 0 Å². The predicted octanol–water partition coefficient (Wildman–Crippen LogP) is 3.81. The lowest BCUT2D eigenvalue weighted by atomic mass is 10.1. The van der Waals surface area contributed by atoms with Crippen molar-refractivity contribution in [3.63, 3.8) is 0 Å². The number of hydrogen-bond donors (Lipinski definition) is 1. The van der Waals surface area contributed by atoms with E-state index >= 15 is 0 Å². The molecule has 1 heterocycles. The zero-order chi connectivity index (χ0) is 15.4. The molecular formula is C17H27BrN2O. The van der Waals surface area contributed by atoms with Gasteiger partial charge in [-0.25, -0.2) is 0 Å². The van der Waals surface area contributed by atoms with Crippen LogP contribution < -0.4 is 10.2 Å². The van der Waals surface area contributed by atoms with Crippen molar-refractivity contribution in [2.45, 2.75) is 46.4 Å². The maximum atomic E-state index is 5.81. The van der Waals surface area contributed by atoms with Crippen molar-refractivity contribution in [3.8, 4) is 0 Å². The summed E-state index contributed by atoms with van der Waals surface area (Å²) >= 11 is 3.73. The van der Waals surface area contributed by atoms with Crippen molar-refractivity contribution in [3.05, 3.63) is 28.2 Å². The minimum atomic E-state index is 0.285. The molecule has 1 aliphatic rings. The number of nitrogens with zero attached hydrogens (tertiary/aromatic N) is 1. The van der Waals surface area contributed by atoms with E-state index in [0.717, 1.165) is 26.2 Å². The number of morpholine rings is 1. The first-order valence-corrected chi connectivity index (χ1v) is 8.64. The molecule has 0 aliphatic carbocycles. The first kappa shape index (κ1) is 16.8. The van der Waals surface area contributed by atoms with Gasteiger partial charge in [0.05, 0.1) is 17.9 Å². The molecule has 1 aromatic rings. The largest absolute Gasteiger partial charge is 0.372 e. The Balaban J connectivity index is 2.01. The van der Waals surface area contributed by atoms with Gasteiger partial charge in [-0.2, -0.15) is 0 Å². The van der Waals surface area contributed by atoms with Crippen LogP contribution in [-0.4, -0.2) is 31.8 Å². The van der Waals surface area contributed by atoms with E-state index in [2.05, 4.69) is 72.0 Å². The Morgan fingerprint density at radius 1 is 1.29 bits per heavy atom. The average Bonchev–Trinajstić information content (AvgIpc) is 2.37. The van der Waals surface area contributed by atoms with Crippen molar-refractivity contribution in [2.24, 2.45) is 5.92 Å². The molecule has 118 valence electrons. The third-order valence-corrected chi connectivity index (χ3v) is 4.29. The molecule has 0 amide bonds. The molecule has 3 nitrogen and oxygen atoms in total. The molecule has 0 spiro atoms. The first-order chi connectivity index (χ1) is 9.95. The Labute approximate surface area is 137 Å². The van der Waals surface area contributed by atoms with Gasteiger partial charge in [0.1, 0.15) is 0 Å². The predicted molar refractivity (Wildman–Crippen MR) is 92.9 cm³/mol. The van der Waals surface area contributed by atoms with Gasteiger partial charge >= 0.3 is 0 Å². The number of anilines is 1. The minimum absolute atomic E-state index is 0.285. The molecule has 2 atom stereocenters. The van der Waals surface area contributed by atoms with E-state index in [4.69, 9.17) is 4.74 Å². The summed E-state index contributed by atoms with van der Waals surface area (Å²) in [4.78, 5) is 2.41. The number of hydrogen-bond acceptors (Lipinski definition) is 3. The fourth-order valence-corrected chi connectivity index (χ4v) is 3.47. The van der Waals surface area contributed by atoms with Gasteiger partial charge in [-0.15, -0.1) is 0 Å². The topological polar surface area (TPSA) is 24.5 Å². The van der Waals surface area contributed by atoms with Crippen LogP contribution in [0.25, 0.3) is 0 Å². The van der Waals surface area contributed by atoms with Crippen LogP contribution in [0.4, 0.5) is 5.69 Å². The smallest absolute Gasteiger partial charge is 0.0726 e. The van der Waals surface area contributed by atoms with Gasteiger partial charge in [-0.1, -0.05) is 19.9 Å². The molecule has 0 aromatic heterocycles. The maximum absolute atomic E-state index is 5.81. The molecule has 0 bridgehead atoms. The fraction of sp³-hybridized carbons (Fsp3) is 0.647. The summed E-state index contributed by atoms with van der Waals surface area (Å²) in [7, 11) is 0. The summed E-state index contributed by atoms with van der Waals surface area (Å²) < 4.78 is 6.98. The molecule has 1 aliphatic heterocycles. The van der Waals surface area contributed by atoms with E-state index in [1.54, 1.807) is 0 Å². The van der Waals surface area contributed by atoms with Gasteiger partial charge < -0.3 is 15.0 Å². The Kier molecular flexibility index (Phi) is 6.08. The lowest BCUT2D eigenvalue weighted by Crippen LogP contribution is -2.45. The summed E-state index contributed by atoms with van der Waals surface area (Å²) in [5, 5.41) is 3.49.